The van der Waals surface area contributed by atoms with Gasteiger partial charge in [-0.2, -0.15) is 0 Å². The lowest BCUT2D eigenvalue weighted by molar-refractivity contribution is 0.197. The maximum atomic E-state index is 6.10. The van der Waals surface area contributed by atoms with Crippen LogP contribution in [0.25, 0.3) is 0 Å². The van der Waals surface area contributed by atoms with E-state index in [2.05, 4.69) is 38.0 Å². The van der Waals surface area contributed by atoms with Crippen molar-refractivity contribution in [2.45, 2.75) is 32.9 Å². The average Bonchev–Trinajstić information content (AvgIpc) is 3.11. The molecule has 0 unspecified atom stereocenters. The fourth-order valence-corrected chi connectivity index (χ4v) is 2.93. The quantitative estimate of drug-likeness (QED) is 0.382. The van der Waals surface area contributed by atoms with Gasteiger partial charge in [0.1, 0.15) is 12.2 Å². The van der Waals surface area contributed by atoms with Crippen LogP contribution in [0.2, 0.25) is 5.02 Å². The largest absolute Gasteiger partial charge is 0.385 e. The molecule has 1 heterocycles. The Morgan fingerprint density at radius 2 is 2.26 bits per heavy atom. The third-order valence-electron chi connectivity index (χ3n) is 4.09. The molecule has 0 fully saturated rings. The van der Waals surface area contributed by atoms with E-state index < -0.39 is 0 Å². The van der Waals surface area contributed by atoms with E-state index >= 15 is 0 Å². The van der Waals surface area contributed by atoms with Crippen molar-refractivity contribution in [3.8, 4) is 0 Å². The van der Waals surface area contributed by atoms with Crippen molar-refractivity contribution in [3.05, 3.63) is 47.0 Å². The molecule has 1 aromatic heterocycles. The number of aliphatic imine (C=N–C) groups is 1. The van der Waals surface area contributed by atoms with Crippen LogP contribution in [0.5, 0.6) is 0 Å². The molecule has 1 N–H and O–H groups in total. The van der Waals surface area contributed by atoms with Gasteiger partial charge >= 0.3 is 0 Å². The summed E-state index contributed by atoms with van der Waals surface area (Å²) >= 11 is 6.10. The summed E-state index contributed by atoms with van der Waals surface area (Å²) in [7, 11) is 3.73. The molecule has 0 aliphatic carbocycles. The third kappa shape index (κ3) is 7.19. The highest BCUT2D eigenvalue weighted by molar-refractivity contribution is 6.30. The van der Waals surface area contributed by atoms with Gasteiger partial charge < -0.3 is 19.5 Å². The number of halogens is 1. The zero-order valence-electron chi connectivity index (χ0n) is 16.4. The van der Waals surface area contributed by atoms with Crippen LogP contribution in [0.3, 0.4) is 0 Å². The number of rotatable bonds is 10. The van der Waals surface area contributed by atoms with Gasteiger partial charge in [-0.05, 0) is 24.1 Å². The van der Waals surface area contributed by atoms with Gasteiger partial charge in [-0.15, -0.1) is 10.2 Å². The van der Waals surface area contributed by atoms with E-state index in [1.807, 2.05) is 25.2 Å². The highest BCUT2D eigenvalue weighted by Crippen LogP contribution is 2.12. The number of aromatic nitrogens is 3. The Morgan fingerprint density at radius 1 is 1.41 bits per heavy atom. The molecule has 2 rings (SSSR count). The van der Waals surface area contributed by atoms with E-state index in [-0.39, 0.29) is 0 Å². The Bertz CT molecular complexity index is 718. The standard InChI is InChI=1S/C19H29ClN6O/c1-4-18-24-23-15-26(18)11-10-22-19(21-9-6-12-27-3)25(2)14-16-7-5-8-17(20)13-16/h5,7-8,13,15H,4,6,9-12,14H2,1-3H3,(H,21,22). The highest BCUT2D eigenvalue weighted by Gasteiger charge is 2.08. The minimum Gasteiger partial charge on any atom is -0.385 e. The van der Waals surface area contributed by atoms with Crippen LogP contribution in [-0.4, -0.2) is 59.5 Å². The first-order valence-electron chi connectivity index (χ1n) is 9.23. The van der Waals surface area contributed by atoms with Crippen LogP contribution in [0, 0.1) is 0 Å². The summed E-state index contributed by atoms with van der Waals surface area (Å²) in [5.41, 5.74) is 1.14. The molecule has 0 spiro atoms. The fourth-order valence-electron chi connectivity index (χ4n) is 2.72. The van der Waals surface area contributed by atoms with E-state index in [0.29, 0.717) is 13.2 Å². The van der Waals surface area contributed by atoms with Gasteiger partial charge in [0.15, 0.2) is 5.96 Å². The Labute approximate surface area is 166 Å². The fraction of sp³-hybridized carbons (Fsp3) is 0.526. The number of nitrogens with one attached hydrogen (secondary N) is 1. The molecule has 27 heavy (non-hydrogen) atoms. The number of ether oxygens (including phenoxy) is 1. The molecule has 0 aliphatic rings. The molecule has 2 aromatic rings. The van der Waals surface area contributed by atoms with Gasteiger partial charge in [0.05, 0.1) is 0 Å². The molecular formula is C19H29ClN6O. The first-order valence-corrected chi connectivity index (χ1v) is 9.61. The van der Waals surface area contributed by atoms with Gasteiger partial charge in [0.2, 0.25) is 0 Å². The van der Waals surface area contributed by atoms with Crippen LogP contribution in [0.4, 0.5) is 0 Å². The second kappa shape index (κ2) is 11.6. The smallest absolute Gasteiger partial charge is 0.194 e. The maximum Gasteiger partial charge on any atom is 0.194 e. The van der Waals surface area contributed by atoms with E-state index in [0.717, 1.165) is 54.8 Å². The molecule has 0 saturated carbocycles. The molecule has 0 radical (unpaired) electrons. The molecule has 8 heteroatoms. The van der Waals surface area contributed by atoms with Gasteiger partial charge in [-0.25, -0.2) is 0 Å². The molecule has 0 amide bonds. The molecule has 0 saturated heterocycles. The lowest BCUT2D eigenvalue weighted by atomic mass is 10.2. The minimum absolute atomic E-state index is 0.704. The van der Waals surface area contributed by atoms with Crippen molar-refractivity contribution in [2.75, 3.05) is 33.9 Å². The van der Waals surface area contributed by atoms with Crippen LogP contribution in [0.1, 0.15) is 24.7 Å². The second-order valence-corrected chi connectivity index (χ2v) is 6.69. The molecule has 148 valence electrons. The van der Waals surface area contributed by atoms with Crippen LogP contribution >= 0.6 is 11.6 Å². The Kier molecular flexibility index (Phi) is 9.07. The molecule has 0 atom stereocenters. The van der Waals surface area contributed by atoms with Gasteiger partial charge in [0.25, 0.3) is 0 Å². The van der Waals surface area contributed by atoms with E-state index in [1.165, 1.54) is 0 Å². The minimum atomic E-state index is 0.704. The summed E-state index contributed by atoms with van der Waals surface area (Å²) in [6.45, 7) is 5.75. The zero-order valence-corrected chi connectivity index (χ0v) is 17.1. The van der Waals surface area contributed by atoms with Crippen molar-refractivity contribution in [1.82, 2.24) is 25.0 Å². The Balaban J connectivity index is 1.96. The Hall–Kier alpha value is -2.12. The van der Waals surface area contributed by atoms with Crippen LogP contribution in [-0.2, 0) is 24.2 Å². The molecular weight excluding hydrogens is 364 g/mol. The third-order valence-corrected chi connectivity index (χ3v) is 4.32. The first-order chi connectivity index (χ1) is 13.1. The SMILES string of the molecule is CCc1nncn1CCNC(=NCCCOC)N(C)Cc1cccc(Cl)c1. The average molecular weight is 393 g/mol. The summed E-state index contributed by atoms with van der Waals surface area (Å²) in [6.07, 6.45) is 3.52. The number of guanidine groups is 1. The number of hydrogen-bond acceptors (Lipinski definition) is 4. The zero-order chi connectivity index (χ0) is 19.5. The number of benzene rings is 1. The summed E-state index contributed by atoms with van der Waals surface area (Å²) in [5, 5.41) is 12.3. The van der Waals surface area contributed by atoms with E-state index in [4.69, 9.17) is 21.3 Å². The van der Waals surface area contributed by atoms with Crippen molar-refractivity contribution in [2.24, 2.45) is 4.99 Å². The monoisotopic (exact) mass is 392 g/mol. The van der Waals surface area contributed by atoms with Crippen molar-refractivity contribution in [3.63, 3.8) is 0 Å². The summed E-state index contributed by atoms with van der Waals surface area (Å²) in [6, 6.07) is 7.89. The Morgan fingerprint density at radius 3 is 3.00 bits per heavy atom. The van der Waals surface area contributed by atoms with Gasteiger partial charge in [-0.1, -0.05) is 30.7 Å². The number of hydrogen-bond donors (Lipinski definition) is 1. The predicted molar refractivity (Wildman–Crippen MR) is 109 cm³/mol. The van der Waals surface area contributed by atoms with Crippen molar-refractivity contribution >= 4 is 17.6 Å². The van der Waals surface area contributed by atoms with Crippen molar-refractivity contribution in [1.29, 1.82) is 0 Å². The van der Waals surface area contributed by atoms with E-state index in [1.54, 1.807) is 13.4 Å². The lowest BCUT2D eigenvalue weighted by Gasteiger charge is -2.23. The first kappa shape index (κ1) is 21.2. The predicted octanol–water partition coefficient (Wildman–Crippen LogP) is 2.61. The van der Waals surface area contributed by atoms with Crippen molar-refractivity contribution < 1.29 is 4.74 Å². The molecule has 1 aromatic carbocycles. The summed E-state index contributed by atoms with van der Waals surface area (Å²) in [5.74, 6) is 1.85. The topological polar surface area (TPSA) is 67.6 Å². The second-order valence-electron chi connectivity index (χ2n) is 6.26. The highest BCUT2D eigenvalue weighted by atomic mass is 35.5. The van der Waals surface area contributed by atoms with Gasteiger partial charge in [0, 0.05) is 58.4 Å². The normalized spacial score (nSPS) is 11.6. The molecule has 7 nitrogen and oxygen atoms in total. The van der Waals surface area contributed by atoms with E-state index in [9.17, 15) is 0 Å². The molecule has 0 bridgehead atoms. The molecule has 0 aliphatic heterocycles. The number of nitrogens with zero attached hydrogens (tertiary/aromatic N) is 5. The maximum absolute atomic E-state index is 6.10. The lowest BCUT2D eigenvalue weighted by Crippen LogP contribution is -2.40. The summed E-state index contributed by atoms with van der Waals surface area (Å²) < 4.78 is 7.18. The number of methoxy groups -OCH3 is 1. The number of aryl methyl sites for hydroxylation is 1. The van der Waals surface area contributed by atoms with Gasteiger partial charge in [-0.3, -0.25) is 4.99 Å². The van der Waals surface area contributed by atoms with Crippen LogP contribution in [0.15, 0.2) is 35.6 Å². The van der Waals surface area contributed by atoms with Crippen LogP contribution < -0.4 is 5.32 Å². The summed E-state index contributed by atoms with van der Waals surface area (Å²) in [4.78, 5) is 6.82.